The molecule has 8 heteroatoms. The fourth-order valence-electron chi connectivity index (χ4n) is 2.88. The Labute approximate surface area is 174 Å². The second kappa shape index (κ2) is 9.62. The maximum absolute atomic E-state index is 11.3. The number of carbonyl (C=O) groups excluding carboxylic acids is 1. The Morgan fingerprint density at radius 1 is 0.900 bits per heavy atom. The van der Waals surface area contributed by atoms with Gasteiger partial charge < -0.3 is 18.9 Å². The van der Waals surface area contributed by atoms with Gasteiger partial charge in [-0.2, -0.15) is 0 Å². The van der Waals surface area contributed by atoms with Crippen molar-refractivity contribution >= 4 is 5.91 Å². The molecule has 1 aromatic heterocycles. The molecule has 0 bridgehead atoms. The quantitative estimate of drug-likeness (QED) is 0.434. The van der Waals surface area contributed by atoms with Gasteiger partial charge in [-0.15, -0.1) is 0 Å². The van der Waals surface area contributed by atoms with Crippen LogP contribution in [0.4, 0.5) is 0 Å². The van der Waals surface area contributed by atoms with Crippen molar-refractivity contribution in [1.82, 2.24) is 10.5 Å². The first-order valence-electron chi connectivity index (χ1n) is 9.03. The third-order valence-electron chi connectivity index (χ3n) is 4.38. The fraction of sp³-hybridized carbons (Fsp3) is 0.182. The summed E-state index contributed by atoms with van der Waals surface area (Å²) >= 11 is 0. The zero-order valence-corrected chi connectivity index (χ0v) is 16.8. The fourth-order valence-corrected chi connectivity index (χ4v) is 2.88. The predicted octanol–water partition coefficient (Wildman–Crippen LogP) is 3.33. The number of nitrogens with zero attached hydrogens (tertiary/aromatic N) is 1. The molecule has 8 nitrogen and oxygen atoms in total. The standard InChI is InChI=1S/C22H22N2O6/c1-27-15-8-9-16(20(12-15)29-3)18-6-4-5-17(23-18)14-7-10-19(28-2)21(11-14)30-13-22(25)24-26/h4-12,26H,13H2,1-3H3,(H,24,25). The second-order valence-corrected chi connectivity index (χ2v) is 6.16. The Balaban J connectivity index is 1.97. The van der Waals surface area contributed by atoms with E-state index in [1.165, 1.54) is 12.6 Å². The van der Waals surface area contributed by atoms with Gasteiger partial charge in [0, 0.05) is 17.2 Å². The highest BCUT2D eigenvalue weighted by molar-refractivity contribution is 5.76. The number of hydrogen-bond acceptors (Lipinski definition) is 7. The summed E-state index contributed by atoms with van der Waals surface area (Å²) in [6, 6.07) is 16.5. The molecule has 0 saturated carbocycles. The molecule has 2 aromatic carbocycles. The van der Waals surface area contributed by atoms with Gasteiger partial charge in [-0.3, -0.25) is 10.0 Å². The smallest absolute Gasteiger partial charge is 0.281 e. The maximum Gasteiger partial charge on any atom is 0.281 e. The van der Waals surface area contributed by atoms with E-state index in [0.717, 1.165) is 16.8 Å². The molecule has 0 aliphatic carbocycles. The Kier molecular flexibility index (Phi) is 6.71. The van der Waals surface area contributed by atoms with Gasteiger partial charge in [-0.1, -0.05) is 6.07 Å². The molecule has 156 valence electrons. The number of pyridine rings is 1. The van der Waals surface area contributed by atoms with Gasteiger partial charge in [0.15, 0.2) is 18.1 Å². The first kappa shape index (κ1) is 20.9. The Morgan fingerprint density at radius 2 is 1.67 bits per heavy atom. The van der Waals surface area contributed by atoms with Crippen LogP contribution in [0.1, 0.15) is 0 Å². The number of benzene rings is 2. The van der Waals surface area contributed by atoms with Crippen LogP contribution in [0, 0.1) is 0 Å². The first-order chi connectivity index (χ1) is 14.6. The number of rotatable bonds is 8. The Bertz CT molecular complexity index is 1040. The van der Waals surface area contributed by atoms with E-state index in [1.54, 1.807) is 32.4 Å². The molecule has 0 atom stereocenters. The van der Waals surface area contributed by atoms with Gasteiger partial charge in [0.2, 0.25) is 0 Å². The molecule has 0 fully saturated rings. The molecular formula is C22H22N2O6. The van der Waals surface area contributed by atoms with Gasteiger partial charge >= 0.3 is 0 Å². The largest absolute Gasteiger partial charge is 0.497 e. The van der Waals surface area contributed by atoms with Crippen LogP contribution in [-0.2, 0) is 4.79 Å². The Hall–Kier alpha value is -3.78. The molecule has 1 amide bonds. The molecular weight excluding hydrogens is 388 g/mol. The van der Waals surface area contributed by atoms with Gasteiger partial charge in [0.25, 0.3) is 5.91 Å². The lowest BCUT2D eigenvalue weighted by molar-refractivity contribution is -0.131. The van der Waals surface area contributed by atoms with Crippen molar-refractivity contribution < 1.29 is 28.9 Å². The molecule has 0 unspecified atom stereocenters. The molecule has 3 rings (SSSR count). The summed E-state index contributed by atoms with van der Waals surface area (Å²) in [6.45, 7) is -0.354. The average Bonchev–Trinajstić information content (AvgIpc) is 2.81. The molecule has 1 heterocycles. The van der Waals surface area contributed by atoms with Gasteiger partial charge in [0.1, 0.15) is 11.5 Å². The number of ether oxygens (including phenoxy) is 4. The number of carbonyl (C=O) groups is 1. The van der Waals surface area contributed by atoms with E-state index < -0.39 is 5.91 Å². The van der Waals surface area contributed by atoms with E-state index in [-0.39, 0.29) is 6.61 Å². The van der Waals surface area contributed by atoms with Crippen molar-refractivity contribution in [3.63, 3.8) is 0 Å². The van der Waals surface area contributed by atoms with E-state index in [4.69, 9.17) is 29.1 Å². The SMILES string of the molecule is COc1ccc(-c2cccc(-c3ccc(OC)c(OCC(=O)NO)c3)n2)c(OC)c1. The number of aromatic nitrogens is 1. The van der Waals surface area contributed by atoms with Crippen LogP contribution < -0.4 is 24.4 Å². The second-order valence-electron chi connectivity index (χ2n) is 6.16. The highest BCUT2D eigenvalue weighted by Crippen LogP contribution is 2.35. The number of nitrogens with one attached hydrogen (secondary N) is 1. The summed E-state index contributed by atoms with van der Waals surface area (Å²) < 4.78 is 21.5. The lowest BCUT2D eigenvalue weighted by Gasteiger charge is -2.13. The lowest BCUT2D eigenvalue weighted by atomic mass is 10.1. The topological polar surface area (TPSA) is 99.1 Å². The molecule has 0 aliphatic heterocycles. The van der Waals surface area contributed by atoms with Crippen molar-refractivity contribution in [3.8, 4) is 45.5 Å². The van der Waals surface area contributed by atoms with Crippen LogP contribution >= 0.6 is 0 Å². The van der Waals surface area contributed by atoms with E-state index in [1.807, 2.05) is 36.4 Å². The zero-order chi connectivity index (χ0) is 21.5. The first-order valence-corrected chi connectivity index (χ1v) is 9.03. The van der Waals surface area contributed by atoms with Gasteiger partial charge in [-0.25, -0.2) is 10.5 Å². The van der Waals surface area contributed by atoms with Gasteiger partial charge in [0.05, 0.1) is 32.7 Å². The number of hydrogen-bond donors (Lipinski definition) is 2. The van der Waals surface area contributed by atoms with Crippen molar-refractivity contribution in [3.05, 3.63) is 54.6 Å². The number of methoxy groups -OCH3 is 3. The van der Waals surface area contributed by atoms with E-state index >= 15 is 0 Å². The van der Waals surface area contributed by atoms with Crippen LogP contribution in [0.5, 0.6) is 23.0 Å². The monoisotopic (exact) mass is 410 g/mol. The summed E-state index contributed by atoms with van der Waals surface area (Å²) in [7, 11) is 4.70. The highest BCUT2D eigenvalue weighted by Gasteiger charge is 2.13. The molecule has 30 heavy (non-hydrogen) atoms. The van der Waals surface area contributed by atoms with Crippen LogP contribution in [0.2, 0.25) is 0 Å². The van der Waals surface area contributed by atoms with E-state index in [2.05, 4.69) is 0 Å². The molecule has 0 spiro atoms. The summed E-state index contributed by atoms with van der Waals surface area (Å²) in [4.78, 5) is 16.0. The highest BCUT2D eigenvalue weighted by atomic mass is 16.5. The molecule has 3 aromatic rings. The lowest BCUT2D eigenvalue weighted by Crippen LogP contribution is -2.25. The van der Waals surface area contributed by atoms with E-state index in [9.17, 15) is 4.79 Å². The summed E-state index contributed by atoms with van der Waals surface area (Å²) in [5.74, 6) is 1.47. The minimum atomic E-state index is -0.672. The van der Waals surface area contributed by atoms with E-state index in [0.29, 0.717) is 28.7 Å². The van der Waals surface area contributed by atoms with Crippen molar-refractivity contribution in [2.45, 2.75) is 0 Å². The zero-order valence-electron chi connectivity index (χ0n) is 16.8. The number of hydroxylamine groups is 1. The minimum absolute atomic E-state index is 0.354. The maximum atomic E-state index is 11.3. The molecule has 2 N–H and O–H groups in total. The third-order valence-corrected chi connectivity index (χ3v) is 4.38. The average molecular weight is 410 g/mol. The van der Waals surface area contributed by atoms with Crippen LogP contribution in [0.3, 0.4) is 0 Å². The molecule has 0 aliphatic rings. The van der Waals surface area contributed by atoms with Crippen LogP contribution in [0.15, 0.2) is 54.6 Å². The van der Waals surface area contributed by atoms with Gasteiger partial charge in [-0.05, 0) is 42.5 Å². The van der Waals surface area contributed by atoms with Crippen molar-refractivity contribution in [2.24, 2.45) is 0 Å². The Morgan fingerprint density at radius 3 is 2.37 bits per heavy atom. The van der Waals surface area contributed by atoms with Crippen molar-refractivity contribution in [1.29, 1.82) is 0 Å². The third kappa shape index (κ3) is 4.61. The minimum Gasteiger partial charge on any atom is -0.497 e. The molecule has 0 radical (unpaired) electrons. The summed E-state index contributed by atoms with van der Waals surface area (Å²) in [5, 5.41) is 8.65. The molecule has 0 saturated heterocycles. The predicted molar refractivity (Wildman–Crippen MR) is 110 cm³/mol. The van der Waals surface area contributed by atoms with Crippen molar-refractivity contribution in [2.75, 3.05) is 27.9 Å². The summed E-state index contributed by atoms with van der Waals surface area (Å²) in [6.07, 6.45) is 0. The van der Waals surface area contributed by atoms with Crippen LogP contribution in [0.25, 0.3) is 22.5 Å². The normalized spacial score (nSPS) is 10.3. The summed E-state index contributed by atoms with van der Waals surface area (Å²) in [5.41, 5.74) is 4.54. The number of amides is 1. The van der Waals surface area contributed by atoms with Crippen LogP contribution in [-0.4, -0.2) is 44.0 Å².